The van der Waals surface area contributed by atoms with Gasteiger partial charge in [-0.15, -0.1) is 0 Å². The molecule has 0 fully saturated rings. The third kappa shape index (κ3) is 2.38. The van der Waals surface area contributed by atoms with Crippen LogP contribution in [-0.2, 0) is 6.54 Å². The number of nitrogens with one attached hydrogen (secondary N) is 2. The van der Waals surface area contributed by atoms with Crippen molar-refractivity contribution in [1.29, 1.82) is 0 Å². The Labute approximate surface area is 118 Å². The molecule has 21 heavy (non-hydrogen) atoms. The molecule has 0 bridgehead atoms. The van der Waals surface area contributed by atoms with E-state index >= 15 is 0 Å². The highest BCUT2D eigenvalue weighted by Crippen LogP contribution is 2.32. The molecule has 0 saturated carbocycles. The second-order valence-corrected chi connectivity index (χ2v) is 4.30. The minimum absolute atomic E-state index is 0.118. The van der Waals surface area contributed by atoms with Crippen LogP contribution in [0.15, 0.2) is 36.8 Å². The molecule has 0 saturated heterocycles. The number of aromatic amines is 1. The number of pyridine rings is 1. The Hall–Kier alpha value is -3.03. The first-order valence-electron chi connectivity index (χ1n) is 6.10. The summed E-state index contributed by atoms with van der Waals surface area (Å²) in [5, 5.41) is 14.2. The van der Waals surface area contributed by atoms with Crippen LogP contribution >= 0.6 is 0 Å². The number of benzene rings is 1. The molecule has 7 nitrogen and oxygen atoms in total. The standard InChI is InChI=1S/C13H10FN5O2/c14-9-6-10(19(20)21)8-2-1-3-17-12(8)13(9)18-7-11-15-4-5-16-11/h1-6,18H,7H2,(H,15,16). The quantitative estimate of drug-likeness (QED) is 0.568. The SMILES string of the molecule is O=[N+]([O-])c1cc(F)c(NCc2ncc[nH]2)c2ncccc12. The van der Waals surface area contributed by atoms with Gasteiger partial charge in [0.25, 0.3) is 5.69 Å². The van der Waals surface area contributed by atoms with Gasteiger partial charge in [-0.1, -0.05) is 0 Å². The maximum Gasteiger partial charge on any atom is 0.281 e. The van der Waals surface area contributed by atoms with E-state index in [0.717, 1.165) is 6.07 Å². The molecule has 0 spiro atoms. The lowest BCUT2D eigenvalue weighted by atomic mass is 10.1. The number of nitro benzene ring substituents is 1. The molecule has 2 heterocycles. The van der Waals surface area contributed by atoms with Crippen LogP contribution in [0.1, 0.15) is 5.82 Å². The number of anilines is 1. The highest BCUT2D eigenvalue weighted by atomic mass is 19.1. The third-order valence-corrected chi connectivity index (χ3v) is 3.01. The molecule has 106 valence electrons. The molecule has 0 aliphatic carbocycles. The van der Waals surface area contributed by atoms with Crippen molar-refractivity contribution in [2.75, 3.05) is 5.32 Å². The number of rotatable bonds is 4. The smallest absolute Gasteiger partial charge is 0.281 e. The first-order valence-corrected chi connectivity index (χ1v) is 6.10. The topological polar surface area (TPSA) is 96.7 Å². The van der Waals surface area contributed by atoms with Crippen molar-refractivity contribution in [3.63, 3.8) is 0 Å². The zero-order chi connectivity index (χ0) is 14.8. The van der Waals surface area contributed by atoms with Crippen molar-refractivity contribution < 1.29 is 9.31 Å². The molecule has 0 atom stereocenters. The number of aromatic nitrogens is 3. The first-order chi connectivity index (χ1) is 10.2. The lowest BCUT2D eigenvalue weighted by Gasteiger charge is -2.09. The van der Waals surface area contributed by atoms with Crippen molar-refractivity contribution in [1.82, 2.24) is 15.0 Å². The molecule has 8 heteroatoms. The number of H-pyrrole nitrogens is 1. The van der Waals surface area contributed by atoms with Crippen LogP contribution in [0.3, 0.4) is 0 Å². The minimum Gasteiger partial charge on any atom is -0.374 e. The Morgan fingerprint density at radius 1 is 1.38 bits per heavy atom. The number of non-ortho nitro benzene ring substituents is 1. The summed E-state index contributed by atoms with van der Waals surface area (Å²) in [5.74, 6) is -0.101. The van der Waals surface area contributed by atoms with Crippen LogP contribution in [0.2, 0.25) is 0 Å². The van der Waals surface area contributed by atoms with Gasteiger partial charge < -0.3 is 10.3 Å². The van der Waals surface area contributed by atoms with Crippen molar-refractivity contribution in [3.8, 4) is 0 Å². The largest absolute Gasteiger partial charge is 0.374 e. The third-order valence-electron chi connectivity index (χ3n) is 3.01. The van der Waals surface area contributed by atoms with E-state index in [4.69, 9.17) is 0 Å². The van der Waals surface area contributed by atoms with Crippen LogP contribution in [0, 0.1) is 15.9 Å². The van der Waals surface area contributed by atoms with Crippen molar-refractivity contribution in [2.24, 2.45) is 0 Å². The Balaban J connectivity index is 2.08. The fourth-order valence-corrected chi connectivity index (χ4v) is 2.08. The number of nitro groups is 1. The summed E-state index contributed by atoms with van der Waals surface area (Å²) < 4.78 is 14.1. The van der Waals surface area contributed by atoms with Crippen LogP contribution in [0.5, 0.6) is 0 Å². The zero-order valence-electron chi connectivity index (χ0n) is 10.7. The minimum atomic E-state index is -0.723. The van der Waals surface area contributed by atoms with Crippen LogP contribution in [0.25, 0.3) is 10.9 Å². The predicted molar refractivity (Wildman–Crippen MR) is 74.3 cm³/mol. The van der Waals surface area contributed by atoms with Crippen molar-refractivity contribution in [2.45, 2.75) is 6.54 Å². The molecular formula is C13H10FN5O2. The molecule has 3 aromatic rings. The van der Waals surface area contributed by atoms with Gasteiger partial charge in [-0.05, 0) is 12.1 Å². The molecule has 0 amide bonds. The van der Waals surface area contributed by atoms with E-state index in [9.17, 15) is 14.5 Å². The number of hydrogen-bond acceptors (Lipinski definition) is 5. The summed E-state index contributed by atoms with van der Waals surface area (Å²) in [6, 6.07) is 4.01. The summed E-state index contributed by atoms with van der Waals surface area (Å²) >= 11 is 0. The van der Waals surface area contributed by atoms with E-state index in [0.29, 0.717) is 5.82 Å². The van der Waals surface area contributed by atoms with Crippen LogP contribution in [0.4, 0.5) is 15.8 Å². The van der Waals surface area contributed by atoms with Gasteiger partial charge in [0, 0.05) is 18.6 Å². The number of fused-ring (bicyclic) bond motifs is 1. The molecule has 2 aromatic heterocycles. The van der Waals surface area contributed by atoms with Gasteiger partial charge in [-0.2, -0.15) is 0 Å². The Morgan fingerprint density at radius 2 is 2.24 bits per heavy atom. The summed E-state index contributed by atoms with van der Waals surface area (Å²) in [6.07, 6.45) is 4.70. The molecule has 0 radical (unpaired) electrons. The maximum absolute atomic E-state index is 14.1. The lowest BCUT2D eigenvalue weighted by molar-refractivity contribution is -0.383. The summed E-state index contributed by atoms with van der Waals surface area (Å²) in [4.78, 5) is 21.3. The Bertz CT molecular complexity index is 804. The summed E-state index contributed by atoms with van der Waals surface area (Å²) in [5.41, 5.74) is 0.0301. The lowest BCUT2D eigenvalue weighted by Crippen LogP contribution is -2.05. The zero-order valence-corrected chi connectivity index (χ0v) is 10.7. The Morgan fingerprint density at radius 3 is 2.95 bits per heavy atom. The number of hydrogen-bond donors (Lipinski definition) is 2. The summed E-state index contributed by atoms with van der Waals surface area (Å²) in [6.45, 7) is 0.257. The van der Waals surface area contributed by atoms with E-state index in [2.05, 4.69) is 20.3 Å². The molecule has 2 N–H and O–H groups in total. The van der Waals surface area contributed by atoms with Crippen molar-refractivity contribution in [3.05, 3.63) is 58.5 Å². The monoisotopic (exact) mass is 287 g/mol. The second-order valence-electron chi connectivity index (χ2n) is 4.30. The van der Waals surface area contributed by atoms with E-state index in [1.165, 1.54) is 12.3 Å². The summed E-state index contributed by atoms with van der Waals surface area (Å²) in [7, 11) is 0. The average molecular weight is 287 g/mol. The van der Waals surface area contributed by atoms with Crippen LogP contribution in [-0.4, -0.2) is 19.9 Å². The van der Waals surface area contributed by atoms with Gasteiger partial charge in [0.15, 0.2) is 5.82 Å². The first kappa shape index (κ1) is 13.0. The highest BCUT2D eigenvalue weighted by molar-refractivity contribution is 5.96. The molecule has 0 aliphatic rings. The maximum atomic E-state index is 14.1. The van der Waals surface area contributed by atoms with E-state index < -0.39 is 10.7 Å². The van der Waals surface area contributed by atoms with Crippen LogP contribution < -0.4 is 5.32 Å². The van der Waals surface area contributed by atoms with Crippen molar-refractivity contribution >= 4 is 22.3 Å². The number of imidazole rings is 1. The van der Waals surface area contributed by atoms with Gasteiger partial charge in [0.2, 0.25) is 0 Å². The molecule has 0 aliphatic heterocycles. The van der Waals surface area contributed by atoms with Gasteiger partial charge in [0.05, 0.1) is 28.6 Å². The number of halogens is 1. The number of nitrogens with zero attached hydrogens (tertiary/aromatic N) is 3. The fourth-order valence-electron chi connectivity index (χ4n) is 2.08. The van der Waals surface area contributed by atoms with Gasteiger partial charge in [0.1, 0.15) is 11.3 Å². The molecule has 0 unspecified atom stereocenters. The predicted octanol–water partition coefficient (Wildman–Crippen LogP) is 2.62. The highest BCUT2D eigenvalue weighted by Gasteiger charge is 2.19. The second kappa shape index (κ2) is 5.16. The molecular weight excluding hydrogens is 277 g/mol. The van der Waals surface area contributed by atoms with Gasteiger partial charge >= 0.3 is 0 Å². The van der Waals surface area contributed by atoms with E-state index in [-0.39, 0.29) is 28.8 Å². The average Bonchev–Trinajstić information content (AvgIpc) is 2.98. The fraction of sp³-hybridized carbons (Fsp3) is 0.0769. The normalized spacial score (nSPS) is 10.7. The van der Waals surface area contributed by atoms with E-state index in [1.807, 2.05) is 0 Å². The Kier molecular flexibility index (Phi) is 3.19. The van der Waals surface area contributed by atoms with Gasteiger partial charge in [-0.25, -0.2) is 9.37 Å². The van der Waals surface area contributed by atoms with Gasteiger partial charge in [-0.3, -0.25) is 15.1 Å². The molecule has 3 rings (SSSR count). The molecule has 1 aromatic carbocycles. The van der Waals surface area contributed by atoms with E-state index in [1.54, 1.807) is 18.5 Å².